The van der Waals surface area contributed by atoms with Crippen molar-refractivity contribution < 1.29 is 9.59 Å². The Morgan fingerprint density at radius 1 is 1.30 bits per heavy atom. The summed E-state index contributed by atoms with van der Waals surface area (Å²) in [6.45, 7) is 6.85. The van der Waals surface area contributed by atoms with Crippen molar-refractivity contribution >= 4 is 11.8 Å². The van der Waals surface area contributed by atoms with Crippen LogP contribution in [0.2, 0.25) is 0 Å². The first-order chi connectivity index (χ1) is 13.0. The fraction of sp³-hybridized carbons (Fsp3) is 0.750. The number of piperidine rings is 1. The summed E-state index contributed by atoms with van der Waals surface area (Å²) in [5.41, 5.74) is 0. The minimum Gasteiger partial charge on any atom is -0.342 e. The summed E-state index contributed by atoms with van der Waals surface area (Å²) in [5.74, 6) is 1.70. The van der Waals surface area contributed by atoms with Crippen LogP contribution in [0.25, 0.3) is 0 Å². The second-order valence-electron chi connectivity index (χ2n) is 8.07. The normalized spacial score (nSPS) is 21.5. The number of aryl methyl sites for hydroxylation is 1. The molecule has 3 rings (SSSR count). The van der Waals surface area contributed by atoms with E-state index in [0.717, 1.165) is 51.3 Å². The molecule has 0 aliphatic carbocycles. The van der Waals surface area contributed by atoms with Gasteiger partial charge in [0.25, 0.3) is 0 Å². The van der Waals surface area contributed by atoms with Crippen molar-refractivity contribution in [1.82, 2.24) is 24.3 Å². The highest BCUT2D eigenvalue weighted by Crippen LogP contribution is 2.29. The van der Waals surface area contributed by atoms with Crippen LogP contribution in [0.4, 0.5) is 0 Å². The Balaban J connectivity index is 1.51. The molecule has 0 N–H and O–H groups in total. The lowest BCUT2D eigenvalue weighted by Gasteiger charge is -2.33. The monoisotopic (exact) mass is 375 g/mol. The highest BCUT2D eigenvalue weighted by atomic mass is 16.2. The molecule has 0 aromatic carbocycles. The largest absolute Gasteiger partial charge is 0.342 e. The van der Waals surface area contributed by atoms with Crippen molar-refractivity contribution in [2.45, 2.75) is 45.1 Å². The molecule has 2 saturated heterocycles. The van der Waals surface area contributed by atoms with Crippen LogP contribution in [0.15, 0.2) is 12.4 Å². The van der Waals surface area contributed by atoms with Gasteiger partial charge in [-0.15, -0.1) is 0 Å². The Hall–Kier alpha value is -1.89. The Kier molecular flexibility index (Phi) is 6.52. The number of hydrogen-bond donors (Lipinski definition) is 0. The molecule has 7 heteroatoms. The zero-order chi connectivity index (χ0) is 19.4. The minimum absolute atomic E-state index is 0.116. The van der Waals surface area contributed by atoms with Crippen molar-refractivity contribution in [1.29, 1.82) is 0 Å². The fourth-order valence-electron chi connectivity index (χ4n) is 4.29. The van der Waals surface area contributed by atoms with Gasteiger partial charge in [-0.2, -0.15) is 0 Å². The Bertz CT molecular complexity index is 649. The lowest BCUT2D eigenvalue weighted by molar-refractivity contribution is -0.136. The number of nitrogens with zero attached hydrogens (tertiary/aromatic N) is 5. The van der Waals surface area contributed by atoms with Crippen LogP contribution < -0.4 is 0 Å². The standard InChI is InChI=1S/C20H33N5O2/c1-4-23-15-17(14-18(23)26)20(27)25-11-6-16(7-12-25)19-21-8-13-24(19)10-5-9-22(2)3/h8,13,16-17H,4-7,9-12,14-15H2,1-3H3. The van der Waals surface area contributed by atoms with Gasteiger partial charge < -0.3 is 19.3 Å². The molecule has 2 aliphatic heterocycles. The highest BCUT2D eigenvalue weighted by molar-refractivity contribution is 5.89. The summed E-state index contributed by atoms with van der Waals surface area (Å²) in [7, 11) is 4.19. The molecule has 2 aliphatic rings. The smallest absolute Gasteiger partial charge is 0.227 e. The maximum Gasteiger partial charge on any atom is 0.227 e. The molecule has 0 saturated carbocycles. The van der Waals surface area contributed by atoms with Gasteiger partial charge in [0.2, 0.25) is 11.8 Å². The summed E-state index contributed by atoms with van der Waals surface area (Å²) in [6.07, 6.45) is 7.36. The van der Waals surface area contributed by atoms with Gasteiger partial charge in [-0.3, -0.25) is 9.59 Å². The molecule has 0 spiro atoms. The Labute approximate surface area is 162 Å². The molecular weight excluding hydrogens is 342 g/mol. The average molecular weight is 376 g/mol. The van der Waals surface area contributed by atoms with E-state index in [1.54, 1.807) is 4.90 Å². The second kappa shape index (κ2) is 8.87. The number of amides is 2. The van der Waals surface area contributed by atoms with Gasteiger partial charge in [-0.05, 0) is 46.8 Å². The topological polar surface area (TPSA) is 61.7 Å². The molecule has 150 valence electrons. The first kappa shape index (κ1) is 19.9. The predicted octanol–water partition coefficient (Wildman–Crippen LogP) is 1.41. The molecule has 1 aromatic rings. The summed E-state index contributed by atoms with van der Waals surface area (Å²) in [5, 5.41) is 0. The minimum atomic E-state index is -0.151. The lowest BCUT2D eigenvalue weighted by atomic mass is 9.94. The van der Waals surface area contributed by atoms with Gasteiger partial charge in [-0.25, -0.2) is 4.98 Å². The van der Waals surface area contributed by atoms with Gasteiger partial charge in [-0.1, -0.05) is 0 Å². The van der Waals surface area contributed by atoms with E-state index in [9.17, 15) is 9.59 Å². The molecule has 1 unspecified atom stereocenters. The van der Waals surface area contributed by atoms with Crippen LogP contribution >= 0.6 is 0 Å². The van der Waals surface area contributed by atoms with E-state index in [1.165, 1.54) is 0 Å². The van der Waals surface area contributed by atoms with Crippen LogP contribution in [0.3, 0.4) is 0 Å². The number of aromatic nitrogens is 2. The summed E-state index contributed by atoms with van der Waals surface area (Å²) >= 11 is 0. The van der Waals surface area contributed by atoms with E-state index in [2.05, 4.69) is 34.7 Å². The maximum absolute atomic E-state index is 12.8. The number of likely N-dealkylation sites (tertiary alicyclic amines) is 2. The van der Waals surface area contributed by atoms with Crippen LogP contribution in [-0.4, -0.2) is 82.9 Å². The summed E-state index contributed by atoms with van der Waals surface area (Å²) in [6, 6.07) is 0. The third-order valence-corrected chi connectivity index (χ3v) is 5.87. The molecular formula is C20H33N5O2. The first-order valence-corrected chi connectivity index (χ1v) is 10.2. The zero-order valence-electron chi connectivity index (χ0n) is 16.9. The molecule has 27 heavy (non-hydrogen) atoms. The van der Waals surface area contributed by atoms with Crippen molar-refractivity contribution in [3.63, 3.8) is 0 Å². The molecule has 1 aromatic heterocycles. The van der Waals surface area contributed by atoms with E-state index in [0.29, 0.717) is 25.4 Å². The van der Waals surface area contributed by atoms with E-state index in [4.69, 9.17) is 0 Å². The average Bonchev–Trinajstić information content (AvgIpc) is 3.27. The molecule has 2 amide bonds. The van der Waals surface area contributed by atoms with Crippen LogP contribution in [0.5, 0.6) is 0 Å². The number of imidazole rings is 1. The van der Waals surface area contributed by atoms with Crippen LogP contribution in [0, 0.1) is 5.92 Å². The van der Waals surface area contributed by atoms with Gasteiger partial charge in [0.15, 0.2) is 0 Å². The molecule has 0 radical (unpaired) electrons. The molecule has 0 bridgehead atoms. The fourth-order valence-corrected chi connectivity index (χ4v) is 4.29. The third kappa shape index (κ3) is 4.69. The van der Waals surface area contributed by atoms with Gasteiger partial charge in [0, 0.05) is 57.5 Å². The van der Waals surface area contributed by atoms with Crippen molar-refractivity contribution in [3.05, 3.63) is 18.2 Å². The van der Waals surface area contributed by atoms with Crippen LogP contribution in [0.1, 0.15) is 44.3 Å². The van der Waals surface area contributed by atoms with E-state index < -0.39 is 0 Å². The molecule has 1 atom stereocenters. The number of hydrogen-bond acceptors (Lipinski definition) is 4. The molecule has 2 fully saturated rings. The molecule has 7 nitrogen and oxygen atoms in total. The van der Waals surface area contributed by atoms with Gasteiger partial charge in [0.1, 0.15) is 5.82 Å². The predicted molar refractivity (Wildman–Crippen MR) is 104 cm³/mol. The van der Waals surface area contributed by atoms with E-state index in [1.807, 2.05) is 18.0 Å². The van der Waals surface area contributed by atoms with Crippen molar-refractivity contribution in [2.75, 3.05) is 46.8 Å². The SMILES string of the molecule is CCN1CC(C(=O)N2CCC(c3nccn3CCCN(C)C)CC2)CC1=O. The number of carbonyl (C=O) groups excluding carboxylic acids is 2. The van der Waals surface area contributed by atoms with E-state index >= 15 is 0 Å². The Morgan fingerprint density at radius 2 is 2.04 bits per heavy atom. The first-order valence-electron chi connectivity index (χ1n) is 10.2. The maximum atomic E-state index is 12.8. The number of carbonyl (C=O) groups is 2. The quantitative estimate of drug-likeness (QED) is 0.723. The van der Waals surface area contributed by atoms with Crippen molar-refractivity contribution in [3.8, 4) is 0 Å². The van der Waals surface area contributed by atoms with Gasteiger partial charge in [0.05, 0.1) is 5.92 Å². The molecule has 3 heterocycles. The lowest BCUT2D eigenvalue weighted by Crippen LogP contribution is -2.42. The number of rotatable bonds is 7. The third-order valence-electron chi connectivity index (χ3n) is 5.87. The van der Waals surface area contributed by atoms with Crippen LogP contribution in [-0.2, 0) is 16.1 Å². The summed E-state index contributed by atoms with van der Waals surface area (Å²) in [4.78, 5) is 35.3. The summed E-state index contributed by atoms with van der Waals surface area (Å²) < 4.78 is 2.28. The van der Waals surface area contributed by atoms with Gasteiger partial charge >= 0.3 is 0 Å². The van der Waals surface area contributed by atoms with Crippen molar-refractivity contribution in [2.24, 2.45) is 5.92 Å². The van der Waals surface area contributed by atoms with E-state index in [-0.39, 0.29) is 17.7 Å². The second-order valence-corrected chi connectivity index (χ2v) is 8.07. The highest BCUT2D eigenvalue weighted by Gasteiger charge is 2.37. The Morgan fingerprint density at radius 3 is 2.67 bits per heavy atom. The zero-order valence-corrected chi connectivity index (χ0v) is 16.9.